The van der Waals surface area contributed by atoms with Crippen LogP contribution in [-0.2, 0) is 13.0 Å². The molecule has 3 aromatic rings. The average molecular weight is 306 g/mol. The molecule has 5 heteroatoms. The van der Waals surface area contributed by atoms with Gasteiger partial charge in [-0.2, -0.15) is 0 Å². The van der Waals surface area contributed by atoms with Crippen molar-refractivity contribution in [3.05, 3.63) is 65.5 Å². The topological polar surface area (TPSA) is 72.9 Å². The van der Waals surface area contributed by atoms with Gasteiger partial charge in [-0.1, -0.05) is 30.3 Å². The second-order valence-corrected chi connectivity index (χ2v) is 5.89. The molecule has 1 amide bonds. The van der Waals surface area contributed by atoms with Gasteiger partial charge < -0.3 is 10.3 Å². The molecule has 0 fully saturated rings. The first kappa shape index (κ1) is 14.0. The van der Waals surface area contributed by atoms with Gasteiger partial charge in [-0.15, -0.1) is 0 Å². The van der Waals surface area contributed by atoms with Crippen molar-refractivity contribution in [2.45, 2.75) is 25.6 Å². The van der Waals surface area contributed by atoms with Crippen LogP contribution in [0.4, 0.5) is 0 Å². The van der Waals surface area contributed by atoms with Crippen molar-refractivity contribution < 1.29 is 4.79 Å². The normalized spacial score (nSPS) is 17.7. The number of primary amides is 1. The van der Waals surface area contributed by atoms with Crippen LogP contribution < -0.4 is 11.1 Å². The van der Waals surface area contributed by atoms with Crippen molar-refractivity contribution in [1.82, 2.24) is 14.9 Å². The largest absolute Gasteiger partial charge is 0.366 e. The highest BCUT2D eigenvalue weighted by Crippen LogP contribution is 2.25. The summed E-state index contributed by atoms with van der Waals surface area (Å²) in [6.07, 6.45) is 3.94. The highest BCUT2D eigenvalue weighted by atomic mass is 16.1. The third kappa shape index (κ3) is 2.39. The third-order valence-electron chi connectivity index (χ3n) is 4.54. The van der Waals surface area contributed by atoms with Gasteiger partial charge in [-0.25, -0.2) is 4.98 Å². The highest BCUT2D eigenvalue weighted by molar-refractivity contribution is 6.04. The van der Waals surface area contributed by atoms with E-state index < -0.39 is 5.91 Å². The van der Waals surface area contributed by atoms with Crippen molar-refractivity contribution in [3.63, 3.8) is 0 Å². The van der Waals surface area contributed by atoms with Crippen LogP contribution in [0, 0.1) is 0 Å². The summed E-state index contributed by atoms with van der Waals surface area (Å²) < 4.78 is 2.10. The summed E-state index contributed by atoms with van der Waals surface area (Å²) in [5, 5.41) is 3.59. The molecule has 0 saturated heterocycles. The summed E-state index contributed by atoms with van der Waals surface area (Å²) >= 11 is 0. The van der Waals surface area contributed by atoms with Crippen LogP contribution in [0.25, 0.3) is 11.0 Å². The molecule has 116 valence electrons. The lowest BCUT2D eigenvalue weighted by Gasteiger charge is -2.18. The minimum atomic E-state index is -0.443. The van der Waals surface area contributed by atoms with E-state index in [2.05, 4.69) is 39.1 Å². The Bertz CT molecular complexity index is 857. The monoisotopic (exact) mass is 306 g/mol. The van der Waals surface area contributed by atoms with Crippen LogP contribution in [0.1, 0.15) is 34.1 Å². The Labute approximate surface area is 134 Å². The summed E-state index contributed by atoms with van der Waals surface area (Å²) in [5.74, 6) is -0.443. The van der Waals surface area contributed by atoms with E-state index in [1.54, 1.807) is 12.4 Å². The minimum absolute atomic E-state index is 0.149. The van der Waals surface area contributed by atoms with E-state index in [1.807, 2.05) is 12.1 Å². The van der Waals surface area contributed by atoms with Crippen LogP contribution >= 0.6 is 0 Å². The standard InChI is InChI=1S/C18H18N4O/c19-18(23)14-6-3-7-15-17(14)21-11-22(15)16-9-8-12-4-1-2-5-13(12)10-20-16/h1-7,11,16,20H,8-10H2,(H2,19,23). The van der Waals surface area contributed by atoms with Gasteiger partial charge in [0.1, 0.15) is 5.52 Å². The van der Waals surface area contributed by atoms with Crippen LogP contribution in [0.3, 0.4) is 0 Å². The summed E-state index contributed by atoms with van der Waals surface area (Å²) in [6.45, 7) is 0.829. The van der Waals surface area contributed by atoms with E-state index in [0.29, 0.717) is 11.1 Å². The van der Waals surface area contributed by atoms with Gasteiger partial charge in [0.2, 0.25) is 0 Å². The first-order chi connectivity index (χ1) is 11.2. The number of carbonyl (C=O) groups excluding carboxylic acids is 1. The van der Waals surface area contributed by atoms with E-state index in [-0.39, 0.29) is 6.17 Å². The second kappa shape index (κ2) is 5.52. The van der Waals surface area contributed by atoms with Gasteiger partial charge in [0.15, 0.2) is 0 Å². The summed E-state index contributed by atoms with van der Waals surface area (Å²) in [7, 11) is 0. The van der Waals surface area contributed by atoms with Gasteiger partial charge in [0, 0.05) is 6.54 Å². The molecule has 23 heavy (non-hydrogen) atoms. The van der Waals surface area contributed by atoms with Crippen LogP contribution in [0.2, 0.25) is 0 Å². The van der Waals surface area contributed by atoms with E-state index in [0.717, 1.165) is 24.9 Å². The van der Waals surface area contributed by atoms with E-state index >= 15 is 0 Å². The molecule has 0 spiro atoms. The molecule has 5 nitrogen and oxygen atoms in total. The number of fused-ring (bicyclic) bond motifs is 2. The quantitative estimate of drug-likeness (QED) is 0.763. The Hall–Kier alpha value is -2.66. The maximum absolute atomic E-state index is 11.6. The highest BCUT2D eigenvalue weighted by Gasteiger charge is 2.19. The molecule has 1 aliphatic heterocycles. The summed E-state index contributed by atoms with van der Waals surface area (Å²) in [5.41, 5.74) is 10.3. The number of imidazole rings is 1. The number of nitrogens with two attached hydrogens (primary N) is 1. The molecule has 2 heterocycles. The van der Waals surface area contributed by atoms with Gasteiger partial charge in [0.05, 0.1) is 23.6 Å². The number of hydrogen-bond acceptors (Lipinski definition) is 3. The molecule has 0 bridgehead atoms. The lowest BCUT2D eigenvalue weighted by molar-refractivity contribution is 0.100. The van der Waals surface area contributed by atoms with Gasteiger partial charge in [-0.05, 0) is 36.1 Å². The number of rotatable bonds is 2. The Morgan fingerprint density at radius 2 is 2.00 bits per heavy atom. The summed E-state index contributed by atoms with van der Waals surface area (Å²) in [6, 6.07) is 14.1. The van der Waals surface area contributed by atoms with Crippen molar-refractivity contribution in [1.29, 1.82) is 0 Å². The molecule has 3 N–H and O–H groups in total. The molecular formula is C18H18N4O. The maximum atomic E-state index is 11.6. The number of amides is 1. The number of aryl methyl sites for hydroxylation is 1. The zero-order valence-corrected chi connectivity index (χ0v) is 12.7. The lowest BCUT2D eigenvalue weighted by Crippen LogP contribution is -2.24. The Morgan fingerprint density at radius 1 is 1.17 bits per heavy atom. The van der Waals surface area contributed by atoms with Gasteiger partial charge >= 0.3 is 0 Å². The number of nitrogens with zero attached hydrogens (tertiary/aromatic N) is 2. The van der Waals surface area contributed by atoms with E-state index in [9.17, 15) is 4.79 Å². The molecule has 1 atom stereocenters. The molecular weight excluding hydrogens is 288 g/mol. The molecule has 0 radical (unpaired) electrons. The first-order valence-corrected chi connectivity index (χ1v) is 7.79. The smallest absolute Gasteiger partial charge is 0.250 e. The SMILES string of the molecule is NC(=O)c1cccc2c1ncn2C1CCc2ccccc2CN1. The lowest BCUT2D eigenvalue weighted by atomic mass is 10.0. The van der Waals surface area contributed by atoms with E-state index in [4.69, 9.17) is 5.73 Å². The number of hydrogen-bond donors (Lipinski definition) is 2. The maximum Gasteiger partial charge on any atom is 0.250 e. The Kier molecular flexibility index (Phi) is 3.35. The fourth-order valence-electron chi connectivity index (χ4n) is 3.34. The fraction of sp³-hybridized carbons (Fsp3) is 0.222. The summed E-state index contributed by atoms with van der Waals surface area (Å²) in [4.78, 5) is 16.0. The fourth-order valence-corrected chi connectivity index (χ4v) is 3.34. The number of aromatic nitrogens is 2. The zero-order chi connectivity index (χ0) is 15.8. The molecule has 4 rings (SSSR count). The second-order valence-electron chi connectivity index (χ2n) is 5.89. The van der Waals surface area contributed by atoms with Crippen LogP contribution in [-0.4, -0.2) is 15.5 Å². The van der Waals surface area contributed by atoms with Crippen LogP contribution in [0.5, 0.6) is 0 Å². The zero-order valence-electron chi connectivity index (χ0n) is 12.7. The van der Waals surface area contributed by atoms with Crippen molar-refractivity contribution in [3.8, 4) is 0 Å². The van der Waals surface area contributed by atoms with Crippen molar-refractivity contribution >= 4 is 16.9 Å². The van der Waals surface area contributed by atoms with E-state index in [1.165, 1.54) is 11.1 Å². The Morgan fingerprint density at radius 3 is 2.83 bits per heavy atom. The molecule has 1 unspecified atom stereocenters. The number of carbonyl (C=O) groups is 1. The molecule has 0 saturated carbocycles. The minimum Gasteiger partial charge on any atom is -0.366 e. The average Bonchev–Trinajstić information content (AvgIpc) is 2.88. The first-order valence-electron chi connectivity index (χ1n) is 7.79. The molecule has 0 aliphatic carbocycles. The Balaban J connectivity index is 1.71. The number of nitrogens with one attached hydrogen (secondary N) is 1. The van der Waals surface area contributed by atoms with Crippen molar-refractivity contribution in [2.24, 2.45) is 5.73 Å². The van der Waals surface area contributed by atoms with Crippen molar-refractivity contribution in [2.75, 3.05) is 0 Å². The van der Waals surface area contributed by atoms with Gasteiger partial charge in [-0.3, -0.25) is 10.1 Å². The van der Waals surface area contributed by atoms with Crippen LogP contribution in [0.15, 0.2) is 48.8 Å². The number of benzene rings is 2. The predicted octanol–water partition coefficient (Wildman–Crippen LogP) is 2.37. The molecule has 1 aromatic heterocycles. The van der Waals surface area contributed by atoms with Gasteiger partial charge in [0.25, 0.3) is 5.91 Å². The number of para-hydroxylation sites is 1. The molecule has 1 aliphatic rings. The predicted molar refractivity (Wildman–Crippen MR) is 88.9 cm³/mol. The third-order valence-corrected chi connectivity index (χ3v) is 4.54. The molecule has 2 aromatic carbocycles.